The monoisotopic (exact) mass is 296 g/mol. The second-order valence-corrected chi connectivity index (χ2v) is 5.89. The predicted octanol–water partition coefficient (Wildman–Crippen LogP) is 2.56. The summed E-state index contributed by atoms with van der Waals surface area (Å²) >= 11 is 0. The zero-order valence-electron chi connectivity index (χ0n) is 12.9. The van der Waals surface area contributed by atoms with Crippen molar-refractivity contribution in [2.45, 2.75) is 20.3 Å². The molecule has 5 nitrogen and oxygen atoms in total. The molecule has 1 aliphatic heterocycles. The Morgan fingerprint density at radius 1 is 1.27 bits per heavy atom. The molecule has 0 unspecified atom stereocenters. The van der Waals surface area contributed by atoms with Crippen LogP contribution in [-0.2, 0) is 6.42 Å². The van der Waals surface area contributed by atoms with Crippen LogP contribution in [0.25, 0.3) is 0 Å². The van der Waals surface area contributed by atoms with Crippen molar-refractivity contribution in [1.29, 1.82) is 0 Å². The number of para-hydroxylation sites is 1. The van der Waals surface area contributed by atoms with Gasteiger partial charge in [-0.15, -0.1) is 0 Å². The Labute approximate surface area is 130 Å². The number of nitrogens with zero attached hydrogens (tertiary/aromatic N) is 3. The van der Waals surface area contributed by atoms with Gasteiger partial charge in [-0.25, -0.2) is 9.97 Å². The molecule has 1 aromatic heterocycles. The molecule has 1 N–H and O–H groups in total. The lowest BCUT2D eigenvalue weighted by Crippen LogP contribution is -2.28. The number of hydrogen-bond acceptors (Lipinski definition) is 4. The van der Waals surface area contributed by atoms with Gasteiger partial charge in [0.15, 0.2) is 5.82 Å². The predicted molar refractivity (Wildman–Crippen MR) is 86.4 cm³/mol. The van der Waals surface area contributed by atoms with E-state index in [2.05, 4.69) is 52.2 Å². The van der Waals surface area contributed by atoms with E-state index in [0.717, 1.165) is 18.8 Å². The fourth-order valence-electron chi connectivity index (χ4n) is 2.54. The standard InChI is InChI=1S/C17H20N4O/c1-12(2)9-20-17(22)14-10-19-16(11-18-14)21-8-7-13-5-3-4-6-15(13)21/h3-6,10-12H,7-9H2,1-2H3,(H,20,22). The first-order valence-electron chi connectivity index (χ1n) is 7.61. The van der Waals surface area contributed by atoms with Gasteiger partial charge >= 0.3 is 0 Å². The number of carbonyl (C=O) groups is 1. The maximum Gasteiger partial charge on any atom is 0.271 e. The summed E-state index contributed by atoms with van der Waals surface area (Å²) in [6.07, 6.45) is 4.23. The summed E-state index contributed by atoms with van der Waals surface area (Å²) in [5.41, 5.74) is 2.86. The molecule has 0 radical (unpaired) electrons. The summed E-state index contributed by atoms with van der Waals surface area (Å²) < 4.78 is 0. The van der Waals surface area contributed by atoms with Crippen molar-refractivity contribution in [2.75, 3.05) is 18.0 Å². The van der Waals surface area contributed by atoms with Crippen LogP contribution in [0.5, 0.6) is 0 Å². The molecular weight excluding hydrogens is 276 g/mol. The van der Waals surface area contributed by atoms with Gasteiger partial charge in [0, 0.05) is 18.8 Å². The maximum atomic E-state index is 12.0. The van der Waals surface area contributed by atoms with Gasteiger partial charge < -0.3 is 10.2 Å². The summed E-state index contributed by atoms with van der Waals surface area (Å²) in [4.78, 5) is 22.8. The number of fused-ring (bicyclic) bond motifs is 1. The Bertz CT molecular complexity index is 667. The minimum atomic E-state index is -0.172. The molecule has 0 fully saturated rings. The maximum absolute atomic E-state index is 12.0. The lowest BCUT2D eigenvalue weighted by molar-refractivity contribution is 0.0943. The molecule has 0 aliphatic carbocycles. The quantitative estimate of drug-likeness (QED) is 0.942. The first-order chi connectivity index (χ1) is 10.6. The van der Waals surface area contributed by atoms with Gasteiger partial charge in [0.1, 0.15) is 5.69 Å². The van der Waals surface area contributed by atoms with Gasteiger partial charge in [0.2, 0.25) is 0 Å². The van der Waals surface area contributed by atoms with Gasteiger partial charge in [-0.05, 0) is 24.0 Å². The average Bonchev–Trinajstić information content (AvgIpc) is 2.97. The number of aromatic nitrogens is 2. The van der Waals surface area contributed by atoms with E-state index >= 15 is 0 Å². The van der Waals surface area contributed by atoms with Crippen LogP contribution >= 0.6 is 0 Å². The lowest BCUT2D eigenvalue weighted by Gasteiger charge is -2.17. The van der Waals surface area contributed by atoms with Gasteiger partial charge in [0.25, 0.3) is 5.91 Å². The van der Waals surface area contributed by atoms with Crippen LogP contribution in [0.2, 0.25) is 0 Å². The average molecular weight is 296 g/mol. The van der Waals surface area contributed by atoms with Crippen LogP contribution in [0.3, 0.4) is 0 Å². The number of carbonyl (C=O) groups excluding carboxylic acids is 1. The SMILES string of the molecule is CC(C)CNC(=O)c1cnc(N2CCc3ccccc32)cn1. The van der Waals surface area contributed by atoms with Crippen molar-refractivity contribution in [3.05, 3.63) is 47.9 Å². The molecule has 2 heterocycles. The summed E-state index contributed by atoms with van der Waals surface area (Å²) in [6, 6.07) is 8.30. The van der Waals surface area contributed by atoms with Crippen molar-refractivity contribution in [3.63, 3.8) is 0 Å². The van der Waals surface area contributed by atoms with Crippen molar-refractivity contribution < 1.29 is 4.79 Å². The molecule has 114 valence electrons. The molecule has 1 aromatic carbocycles. The molecular formula is C17H20N4O. The van der Waals surface area contributed by atoms with Gasteiger partial charge in [0.05, 0.1) is 12.4 Å². The third-order valence-corrected chi connectivity index (χ3v) is 3.71. The third-order valence-electron chi connectivity index (χ3n) is 3.71. The molecule has 0 saturated carbocycles. The fraction of sp³-hybridized carbons (Fsp3) is 0.353. The van der Waals surface area contributed by atoms with E-state index in [1.807, 2.05) is 6.07 Å². The smallest absolute Gasteiger partial charge is 0.271 e. The van der Waals surface area contributed by atoms with Crippen LogP contribution in [0, 0.1) is 5.92 Å². The number of amides is 1. The Kier molecular flexibility index (Phi) is 4.04. The van der Waals surface area contributed by atoms with E-state index in [-0.39, 0.29) is 5.91 Å². The number of anilines is 2. The highest BCUT2D eigenvalue weighted by Crippen LogP contribution is 2.32. The minimum absolute atomic E-state index is 0.172. The van der Waals surface area contributed by atoms with Crippen LogP contribution in [0.1, 0.15) is 29.9 Å². The largest absolute Gasteiger partial charge is 0.350 e. The Balaban J connectivity index is 1.74. The van der Waals surface area contributed by atoms with E-state index < -0.39 is 0 Å². The van der Waals surface area contributed by atoms with Crippen LogP contribution < -0.4 is 10.2 Å². The molecule has 1 aliphatic rings. The van der Waals surface area contributed by atoms with Crippen LogP contribution in [0.4, 0.5) is 11.5 Å². The second kappa shape index (κ2) is 6.13. The van der Waals surface area contributed by atoms with Crippen molar-refractivity contribution in [1.82, 2.24) is 15.3 Å². The van der Waals surface area contributed by atoms with Crippen LogP contribution in [-0.4, -0.2) is 29.0 Å². The van der Waals surface area contributed by atoms with E-state index in [1.165, 1.54) is 11.3 Å². The molecule has 0 bridgehead atoms. The zero-order chi connectivity index (χ0) is 15.5. The van der Waals surface area contributed by atoms with E-state index in [1.54, 1.807) is 12.4 Å². The highest BCUT2D eigenvalue weighted by molar-refractivity contribution is 5.92. The fourth-order valence-corrected chi connectivity index (χ4v) is 2.54. The molecule has 22 heavy (non-hydrogen) atoms. The summed E-state index contributed by atoms with van der Waals surface area (Å²) in [5, 5.41) is 2.85. The minimum Gasteiger partial charge on any atom is -0.350 e. The Morgan fingerprint density at radius 2 is 2.09 bits per heavy atom. The molecule has 5 heteroatoms. The van der Waals surface area contributed by atoms with E-state index in [9.17, 15) is 4.79 Å². The van der Waals surface area contributed by atoms with Crippen molar-refractivity contribution in [2.24, 2.45) is 5.92 Å². The second-order valence-electron chi connectivity index (χ2n) is 5.89. The van der Waals surface area contributed by atoms with Crippen LogP contribution in [0.15, 0.2) is 36.7 Å². The van der Waals surface area contributed by atoms with Crippen molar-refractivity contribution >= 4 is 17.4 Å². The van der Waals surface area contributed by atoms with E-state index in [4.69, 9.17) is 0 Å². The first kappa shape index (κ1) is 14.5. The number of benzene rings is 1. The molecule has 0 spiro atoms. The highest BCUT2D eigenvalue weighted by atomic mass is 16.1. The molecule has 0 saturated heterocycles. The molecule has 2 aromatic rings. The summed E-state index contributed by atoms with van der Waals surface area (Å²) in [7, 11) is 0. The number of rotatable bonds is 4. The zero-order valence-corrected chi connectivity index (χ0v) is 12.9. The molecule has 1 amide bonds. The summed E-state index contributed by atoms with van der Waals surface area (Å²) in [6.45, 7) is 5.65. The van der Waals surface area contributed by atoms with Gasteiger partial charge in [-0.3, -0.25) is 4.79 Å². The first-order valence-corrected chi connectivity index (χ1v) is 7.61. The number of nitrogens with one attached hydrogen (secondary N) is 1. The lowest BCUT2D eigenvalue weighted by atomic mass is 10.2. The topological polar surface area (TPSA) is 58.1 Å². The van der Waals surface area contributed by atoms with Gasteiger partial charge in [-0.2, -0.15) is 0 Å². The molecule has 3 rings (SSSR count). The Morgan fingerprint density at radius 3 is 2.82 bits per heavy atom. The number of hydrogen-bond donors (Lipinski definition) is 1. The van der Waals surface area contributed by atoms with E-state index in [0.29, 0.717) is 18.2 Å². The summed E-state index contributed by atoms with van der Waals surface area (Å²) in [5.74, 6) is 1.03. The normalized spacial score (nSPS) is 13.3. The third kappa shape index (κ3) is 2.93. The van der Waals surface area contributed by atoms with Crippen molar-refractivity contribution in [3.8, 4) is 0 Å². The highest BCUT2D eigenvalue weighted by Gasteiger charge is 2.21. The Hall–Kier alpha value is -2.43. The molecule has 0 atom stereocenters. The van der Waals surface area contributed by atoms with Gasteiger partial charge in [-0.1, -0.05) is 32.0 Å².